The molecule has 0 spiro atoms. The van der Waals surface area contributed by atoms with Crippen molar-refractivity contribution in [3.63, 3.8) is 0 Å². The summed E-state index contributed by atoms with van der Waals surface area (Å²) in [7, 11) is 0. The lowest BCUT2D eigenvalue weighted by Gasteiger charge is -2.10. The summed E-state index contributed by atoms with van der Waals surface area (Å²) in [5.74, 6) is -0.401. The van der Waals surface area contributed by atoms with Gasteiger partial charge < -0.3 is 5.11 Å². The Morgan fingerprint density at radius 1 is 1.43 bits per heavy atom. The fraction of sp³-hybridized carbons (Fsp3) is 0.111. The molecule has 1 N–H and O–H groups in total. The molecule has 0 aliphatic carbocycles. The predicted octanol–water partition coefficient (Wildman–Crippen LogP) is 1.46. The average Bonchev–Trinajstić information content (AvgIpc) is 2.16. The molecule has 0 unspecified atom stereocenters. The molecule has 0 aliphatic heterocycles. The minimum atomic E-state index is -1.33. The SMILES string of the molecule is O=CN(Cc1ccc(F)cc1)C(=O)O. The zero-order valence-electron chi connectivity index (χ0n) is 7.18. The molecule has 2 amide bonds. The second-order valence-electron chi connectivity index (χ2n) is 2.64. The highest BCUT2D eigenvalue weighted by atomic mass is 19.1. The van der Waals surface area contributed by atoms with Crippen molar-refractivity contribution in [2.24, 2.45) is 0 Å². The van der Waals surface area contributed by atoms with E-state index in [2.05, 4.69) is 0 Å². The van der Waals surface area contributed by atoms with E-state index in [-0.39, 0.29) is 13.0 Å². The number of imide groups is 1. The van der Waals surface area contributed by atoms with Crippen LogP contribution >= 0.6 is 0 Å². The molecule has 5 heteroatoms. The van der Waals surface area contributed by atoms with Gasteiger partial charge in [0.25, 0.3) is 0 Å². The molecule has 0 saturated carbocycles. The molecule has 14 heavy (non-hydrogen) atoms. The van der Waals surface area contributed by atoms with Crippen molar-refractivity contribution in [1.29, 1.82) is 0 Å². The maximum absolute atomic E-state index is 12.5. The Labute approximate surface area is 79.6 Å². The van der Waals surface area contributed by atoms with Gasteiger partial charge in [-0.3, -0.25) is 4.79 Å². The number of halogens is 1. The van der Waals surface area contributed by atoms with E-state index in [0.717, 1.165) is 0 Å². The van der Waals surface area contributed by atoms with Crippen LogP contribution in [0.1, 0.15) is 5.56 Å². The van der Waals surface area contributed by atoms with Crippen LogP contribution in [0.4, 0.5) is 9.18 Å². The van der Waals surface area contributed by atoms with Crippen molar-refractivity contribution in [2.45, 2.75) is 6.54 Å². The minimum absolute atomic E-state index is 0.0703. The number of carbonyl (C=O) groups is 2. The normalized spacial score (nSPS) is 9.50. The summed E-state index contributed by atoms with van der Waals surface area (Å²) < 4.78 is 12.5. The quantitative estimate of drug-likeness (QED) is 0.746. The summed E-state index contributed by atoms with van der Waals surface area (Å²) in [6.07, 6.45) is -1.12. The van der Waals surface area contributed by atoms with Gasteiger partial charge in [-0.2, -0.15) is 0 Å². The molecule has 0 bridgehead atoms. The third-order valence-electron chi connectivity index (χ3n) is 1.64. The summed E-state index contributed by atoms with van der Waals surface area (Å²) >= 11 is 0. The number of carbonyl (C=O) groups excluding carboxylic acids is 1. The molecule has 1 aromatic carbocycles. The standard InChI is InChI=1S/C9H8FNO3/c10-8-3-1-7(2-4-8)5-11(6-12)9(13)14/h1-4,6H,5H2,(H,13,14). The van der Waals surface area contributed by atoms with Crippen molar-refractivity contribution in [1.82, 2.24) is 4.90 Å². The van der Waals surface area contributed by atoms with Crippen molar-refractivity contribution in [3.05, 3.63) is 35.6 Å². The molecule has 0 radical (unpaired) electrons. The van der Waals surface area contributed by atoms with E-state index >= 15 is 0 Å². The van der Waals surface area contributed by atoms with Gasteiger partial charge in [-0.05, 0) is 17.7 Å². The summed E-state index contributed by atoms with van der Waals surface area (Å²) in [4.78, 5) is 21.3. The number of hydrogen-bond donors (Lipinski definition) is 1. The smallest absolute Gasteiger partial charge is 0.414 e. The molecule has 74 valence electrons. The predicted molar refractivity (Wildman–Crippen MR) is 46.0 cm³/mol. The molecule has 0 aromatic heterocycles. The number of nitrogens with zero attached hydrogens (tertiary/aromatic N) is 1. The van der Waals surface area contributed by atoms with Crippen LogP contribution in [0.15, 0.2) is 24.3 Å². The first kappa shape index (κ1) is 10.2. The minimum Gasteiger partial charge on any atom is -0.465 e. The molecular formula is C9H8FNO3. The Morgan fingerprint density at radius 3 is 2.43 bits per heavy atom. The summed E-state index contributed by atoms with van der Waals surface area (Å²) in [6, 6.07) is 5.27. The van der Waals surface area contributed by atoms with Gasteiger partial charge in [-0.25, -0.2) is 14.1 Å². The molecular weight excluding hydrogens is 189 g/mol. The van der Waals surface area contributed by atoms with Gasteiger partial charge in [-0.15, -0.1) is 0 Å². The third-order valence-corrected chi connectivity index (χ3v) is 1.64. The molecule has 4 nitrogen and oxygen atoms in total. The van der Waals surface area contributed by atoms with Crippen molar-refractivity contribution >= 4 is 12.5 Å². The Hall–Kier alpha value is -1.91. The van der Waals surface area contributed by atoms with Crippen LogP contribution in [0.25, 0.3) is 0 Å². The Bertz CT molecular complexity index is 336. The Morgan fingerprint density at radius 2 is 2.00 bits per heavy atom. The highest BCUT2D eigenvalue weighted by Gasteiger charge is 2.10. The molecule has 1 aromatic rings. The van der Waals surface area contributed by atoms with Crippen LogP contribution in [0.2, 0.25) is 0 Å². The van der Waals surface area contributed by atoms with Gasteiger partial charge in [0.05, 0.1) is 6.54 Å². The van der Waals surface area contributed by atoms with E-state index in [1.165, 1.54) is 24.3 Å². The summed E-state index contributed by atoms with van der Waals surface area (Å²) in [5, 5.41) is 8.51. The van der Waals surface area contributed by atoms with Crippen LogP contribution in [-0.4, -0.2) is 22.5 Å². The second kappa shape index (κ2) is 4.36. The summed E-state index contributed by atoms with van der Waals surface area (Å²) in [5.41, 5.74) is 0.556. The van der Waals surface area contributed by atoms with E-state index in [0.29, 0.717) is 10.5 Å². The zero-order chi connectivity index (χ0) is 10.6. The van der Waals surface area contributed by atoms with Crippen molar-refractivity contribution < 1.29 is 19.1 Å². The Kier molecular flexibility index (Phi) is 3.17. The molecule has 1 rings (SSSR count). The van der Waals surface area contributed by atoms with Crippen LogP contribution in [-0.2, 0) is 11.3 Å². The number of rotatable bonds is 3. The van der Waals surface area contributed by atoms with E-state index in [9.17, 15) is 14.0 Å². The van der Waals surface area contributed by atoms with Crippen LogP contribution in [0.5, 0.6) is 0 Å². The topological polar surface area (TPSA) is 57.6 Å². The van der Waals surface area contributed by atoms with Gasteiger partial charge in [0.15, 0.2) is 0 Å². The maximum atomic E-state index is 12.5. The number of benzene rings is 1. The number of amides is 2. The van der Waals surface area contributed by atoms with Gasteiger partial charge in [0.2, 0.25) is 6.41 Å². The molecule has 0 saturated heterocycles. The van der Waals surface area contributed by atoms with E-state index in [1.807, 2.05) is 0 Å². The molecule has 0 fully saturated rings. The first-order valence-electron chi connectivity index (χ1n) is 3.83. The lowest BCUT2D eigenvalue weighted by Crippen LogP contribution is -2.27. The first-order chi connectivity index (χ1) is 6.63. The highest BCUT2D eigenvalue weighted by molar-refractivity contribution is 5.78. The van der Waals surface area contributed by atoms with Crippen LogP contribution in [0, 0.1) is 5.82 Å². The van der Waals surface area contributed by atoms with Gasteiger partial charge >= 0.3 is 6.09 Å². The zero-order valence-corrected chi connectivity index (χ0v) is 7.18. The van der Waals surface area contributed by atoms with E-state index < -0.39 is 11.9 Å². The average molecular weight is 197 g/mol. The largest absolute Gasteiger partial charge is 0.465 e. The van der Waals surface area contributed by atoms with Crippen molar-refractivity contribution in [3.8, 4) is 0 Å². The lowest BCUT2D eigenvalue weighted by molar-refractivity contribution is -0.116. The van der Waals surface area contributed by atoms with E-state index in [4.69, 9.17) is 5.11 Å². The third kappa shape index (κ3) is 2.55. The maximum Gasteiger partial charge on any atom is 0.414 e. The first-order valence-corrected chi connectivity index (χ1v) is 3.83. The highest BCUT2D eigenvalue weighted by Crippen LogP contribution is 2.05. The molecule has 0 aliphatic rings. The lowest BCUT2D eigenvalue weighted by atomic mass is 10.2. The van der Waals surface area contributed by atoms with Crippen molar-refractivity contribution in [2.75, 3.05) is 0 Å². The molecule has 0 heterocycles. The fourth-order valence-corrected chi connectivity index (χ4v) is 0.936. The van der Waals surface area contributed by atoms with Crippen LogP contribution < -0.4 is 0 Å². The van der Waals surface area contributed by atoms with E-state index in [1.54, 1.807) is 0 Å². The van der Waals surface area contributed by atoms with Gasteiger partial charge in [0.1, 0.15) is 5.82 Å². The number of hydrogen-bond acceptors (Lipinski definition) is 2. The summed E-state index contributed by atoms with van der Waals surface area (Å²) in [6.45, 7) is -0.0703. The molecule has 0 atom stereocenters. The number of carboxylic acid groups (broad SMARTS) is 1. The van der Waals surface area contributed by atoms with Gasteiger partial charge in [0, 0.05) is 0 Å². The second-order valence-corrected chi connectivity index (χ2v) is 2.64. The Balaban J connectivity index is 2.72. The monoisotopic (exact) mass is 197 g/mol. The van der Waals surface area contributed by atoms with Gasteiger partial charge in [-0.1, -0.05) is 12.1 Å². The fourth-order valence-electron chi connectivity index (χ4n) is 0.936. The van der Waals surface area contributed by atoms with Crippen LogP contribution in [0.3, 0.4) is 0 Å².